The number of aliphatic hydroxyl groups is 1. The van der Waals surface area contributed by atoms with Crippen molar-refractivity contribution in [3.63, 3.8) is 0 Å². The molecule has 2 aromatic rings. The molecule has 0 spiro atoms. The van der Waals surface area contributed by atoms with E-state index in [-0.39, 0.29) is 50.2 Å². The average Bonchev–Trinajstić information content (AvgIpc) is 1.22. The van der Waals surface area contributed by atoms with Gasteiger partial charge in [0.2, 0.25) is 0 Å². The highest BCUT2D eigenvalue weighted by molar-refractivity contribution is 6.21. The number of aliphatic hydroxyl groups excluding tert-OH is 1. The highest BCUT2D eigenvalue weighted by atomic mass is 16.8. The summed E-state index contributed by atoms with van der Waals surface area (Å²) in [6, 6.07) is 16.3. The molecule has 6 heterocycles. The minimum absolute atomic E-state index is 0.0121. The lowest BCUT2D eigenvalue weighted by Crippen LogP contribution is -2.69. The Kier molecular flexibility index (Phi) is 26.0. The maximum Gasteiger partial charge on any atom is 0.261 e. The topological polar surface area (TPSA) is 270 Å². The summed E-state index contributed by atoms with van der Waals surface area (Å²) >= 11 is 0. The fourth-order valence-electron chi connectivity index (χ4n) is 12.6. The molecule has 1 N–H and O–H groups in total. The largest absolute Gasteiger partial charge is 0.388 e. The van der Waals surface area contributed by atoms with Crippen molar-refractivity contribution in [2.75, 3.05) is 125 Å². The number of carbonyl (C=O) groups excluding carboxylic acids is 2. The minimum atomic E-state index is -1.37. The van der Waals surface area contributed by atoms with E-state index in [0.29, 0.717) is 6.61 Å². The molecule has 8 rings (SSSR count). The third-order valence-corrected chi connectivity index (χ3v) is 16.8. The van der Waals surface area contributed by atoms with Crippen molar-refractivity contribution >= 4 is 11.8 Å². The van der Waals surface area contributed by atoms with Crippen LogP contribution < -0.4 is 0 Å². The molecule has 5 fully saturated rings. The van der Waals surface area contributed by atoms with Gasteiger partial charge >= 0.3 is 0 Å². The molecule has 6 aliphatic heterocycles. The van der Waals surface area contributed by atoms with Crippen LogP contribution in [0.5, 0.6) is 0 Å². The first-order valence-corrected chi connectivity index (χ1v) is 28.7. The van der Waals surface area contributed by atoms with Gasteiger partial charge in [-0.1, -0.05) is 42.5 Å². The van der Waals surface area contributed by atoms with Crippen molar-refractivity contribution in [3.05, 3.63) is 71.3 Å². The van der Waals surface area contributed by atoms with Gasteiger partial charge in [-0.05, 0) is 24.6 Å². The van der Waals surface area contributed by atoms with Crippen LogP contribution >= 0.6 is 0 Å². The molecule has 5 saturated heterocycles. The zero-order valence-corrected chi connectivity index (χ0v) is 51.5. The van der Waals surface area contributed by atoms with Crippen molar-refractivity contribution in [1.82, 2.24) is 4.90 Å². The van der Waals surface area contributed by atoms with Crippen molar-refractivity contribution in [1.29, 1.82) is 0 Å². The summed E-state index contributed by atoms with van der Waals surface area (Å²) in [4.78, 5) is 28.0. The summed E-state index contributed by atoms with van der Waals surface area (Å²) in [6.45, 7) is 2.00. The van der Waals surface area contributed by atoms with E-state index in [2.05, 4.69) is 0 Å². The van der Waals surface area contributed by atoms with Gasteiger partial charge in [0.15, 0.2) is 25.2 Å². The predicted octanol–water partition coefficient (Wildman–Crippen LogP) is 1.18. The van der Waals surface area contributed by atoms with Crippen LogP contribution in [0.3, 0.4) is 0 Å². The summed E-state index contributed by atoms with van der Waals surface area (Å²) in [7, 11) is 19.5. The smallest absolute Gasteiger partial charge is 0.261 e. The van der Waals surface area contributed by atoms with Crippen molar-refractivity contribution in [2.24, 2.45) is 0 Å². The number of nitrogens with zero attached hydrogens (tertiary/aromatic N) is 1. The molecular formula is C59H89NO26. The monoisotopic (exact) mass is 1230 g/mol. The summed E-state index contributed by atoms with van der Waals surface area (Å²) in [5.41, 5.74) is 1.47. The number of benzene rings is 2. The number of imide groups is 1. The SMILES string of the molecule is COCC1O[C@@H](O[C@H]2C(OC)C(OC)[C@H](O[C@H]3C(OC)C(OC)[C@H](O[C@@H]4C(COCc5ccccc5)O[C@@H](C)C(OC)[C@H]4OC)O[C@H]3COC)O[C@H]2COC)C(OC)[C@@H](OC)[C@@H]1O[C@H]1OC(CN2C(=O)c3ccccc3C2=O)[C@@H](O)[C@H](OC)C1OC. The Morgan fingerprint density at radius 3 is 1.07 bits per heavy atom. The van der Waals surface area contributed by atoms with Crippen molar-refractivity contribution in [3.8, 4) is 0 Å². The first kappa shape index (κ1) is 68.5. The van der Waals surface area contributed by atoms with E-state index in [4.69, 9.17) is 109 Å². The van der Waals surface area contributed by atoms with Gasteiger partial charge in [-0.2, -0.15) is 0 Å². The lowest BCUT2D eigenvalue weighted by Gasteiger charge is -2.52. The Bertz CT molecular complexity index is 2330. The van der Waals surface area contributed by atoms with Crippen molar-refractivity contribution < 1.29 is 124 Å². The van der Waals surface area contributed by atoms with E-state index in [9.17, 15) is 14.7 Å². The lowest BCUT2D eigenvalue weighted by molar-refractivity contribution is -0.397. The molecule has 2 amide bonds. The van der Waals surface area contributed by atoms with Crippen LogP contribution in [0, 0.1) is 0 Å². The first-order valence-electron chi connectivity index (χ1n) is 28.7. The fourth-order valence-corrected chi connectivity index (χ4v) is 12.6. The van der Waals surface area contributed by atoms with Crippen LogP contribution in [0.1, 0.15) is 33.2 Å². The number of amides is 2. The second-order valence-electron chi connectivity index (χ2n) is 21.6. The minimum Gasteiger partial charge on any atom is -0.388 e. The van der Waals surface area contributed by atoms with Gasteiger partial charge in [0.1, 0.15) is 122 Å². The zero-order valence-electron chi connectivity index (χ0n) is 51.5. The summed E-state index contributed by atoms with van der Waals surface area (Å²) in [6.07, 6.45) is -23.9. The maximum atomic E-state index is 13.5. The highest BCUT2D eigenvalue weighted by Gasteiger charge is 2.59. The van der Waals surface area contributed by atoms with Gasteiger partial charge in [0.25, 0.3) is 11.8 Å². The molecule has 0 saturated carbocycles. The Labute approximate surface area is 502 Å². The van der Waals surface area contributed by atoms with Gasteiger partial charge in [-0.15, -0.1) is 0 Å². The molecule has 0 aliphatic carbocycles. The highest BCUT2D eigenvalue weighted by Crippen LogP contribution is 2.40. The number of fused-ring (bicyclic) bond motifs is 1. The predicted molar refractivity (Wildman–Crippen MR) is 296 cm³/mol. The van der Waals surface area contributed by atoms with Gasteiger partial charge in [-0.25, -0.2) is 0 Å². The lowest BCUT2D eigenvalue weighted by atomic mass is 9.94. The van der Waals surface area contributed by atoms with Crippen LogP contribution in [-0.2, 0) is 116 Å². The molecule has 2 aromatic carbocycles. The van der Waals surface area contributed by atoms with Crippen LogP contribution in [0.15, 0.2) is 54.6 Å². The summed E-state index contributed by atoms with van der Waals surface area (Å²) in [5, 5.41) is 11.6. The van der Waals surface area contributed by atoms with Crippen LogP contribution in [0.25, 0.3) is 0 Å². The average molecular weight is 1230 g/mol. The van der Waals surface area contributed by atoms with Crippen LogP contribution in [0.4, 0.5) is 0 Å². The standard InChI is InChI=1S/C59H89NO26/c1-30-40(67-5)46(69-7)44(38(78-30)29-77-25-31-20-16-15-17-21-31)86-59-53(76-14)49(72-10)43(37(82-59)28-66-4)85-58-52(75-13)48(71-9)42(36(81-58)27-65-3)84-57-51(74-12)47(70-8)41(35(80-57)26-64-2)83-56-50(73-11)45(68-6)39(61)34(79-56)24-60-54(62)32-22-18-19-23-33(32)55(60)63/h15-23,30,34-53,56-59,61H,24-29H2,1-14H3/t30-,34?,35?,36-,37-,38?,39+,40?,41+,42+,43+,44+,45-,46+,47-,48?,49?,50?,51?,52?,53?,56+,57-,58-,59-/m0/s1. The molecule has 25 atom stereocenters. The Morgan fingerprint density at radius 2 is 0.709 bits per heavy atom. The van der Waals surface area contributed by atoms with Gasteiger partial charge < -0.3 is 114 Å². The number of carbonyl (C=O) groups is 2. The number of rotatable bonds is 30. The van der Waals surface area contributed by atoms with Gasteiger partial charge in [0, 0.05) is 92.4 Å². The molecule has 0 radical (unpaired) electrons. The van der Waals surface area contributed by atoms with Gasteiger partial charge in [0.05, 0.1) is 56.8 Å². The molecule has 10 unspecified atom stereocenters. The summed E-state index contributed by atoms with van der Waals surface area (Å²) < 4.78 is 145. The second kappa shape index (κ2) is 32.6. The number of methoxy groups -OCH3 is 13. The molecule has 0 aromatic heterocycles. The Morgan fingerprint density at radius 1 is 0.384 bits per heavy atom. The summed E-state index contributed by atoms with van der Waals surface area (Å²) in [5.74, 6) is -1.06. The van der Waals surface area contributed by atoms with E-state index in [1.807, 2.05) is 37.3 Å². The second-order valence-corrected chi connectivity index (χ2v) is 21.6. The fraction of sp³-hybridized carbons (Fsp3) is 0.763. The number of ether oxygens (including phenoxy) is 23. The van der Waals surface area contributed by atoms with E-state index in [1.54, 1.807) is 38.5 Å². The molecule has 6 aliphatic rings. The third-order valence-electron chi connectivity index (χ3n) is 16.8. The maximum absolute atomic E-state index is 13.5. The van der Waals surface area contributed by atoms with Gasteiger partial charge in [-0.3, -0.25) is 14.5 Å². The van der Waals surface area contributed by atoms with E-state index in [0.717, 1.165) is 10.5 Å². The molecular weight excluding hydrogens is 1140 g/mol. The molecule has 27 nitrogen and oxygen atoms in total. The van der Waals surface area contributed by atoms with Crippen LogP contribution in [0.2, 0.25) is 0 Å². The van der Waals surface area contributed by atoms with E-state index >= 15 is 0 Å². The quantitative estimate of drug-likeness (QED) is 0.108. The molecule has 486 valence electrons. The zero-order chi connectivity index (χ0) is 61.8. The molecule has 0 bridgehead atoms. The normalized spacial score (nSPS) is 39.4. The Hall–Kier alpha value is -3.38. The van der Waals surface area contributed by atoms with Crippen LogP contribution in [-0.4, -0.2) is 301 Å². The number of hydrogen-bond donors (Lipinski definition) is 1. The first-order chi connectivity index (χ1) is 41.8. The molecule has 86 heavy (non-hydrogen) atoms. The van der Waals surface area contributed by atoms with E-state index in [1.165, 1.54) is 78.2 Å². The Balaban J connectivity index is 1.00. The third kappa shape index (κ3) is 14.7. The van der Waals surface area contributed by atoms with Crippen molar-refractivity contribution in [2.45, 2.75) is 167 Å². The number of hydrogen-bond acceptors (Lipinski definition) is 26. The van der Waals surface area contributed by atoms with E-state index < -0.39 is 159 Å². The molecule has 27 heteroatoms.